The van der Waals surface area contributed by atoms with Gasteiger partial charge in [-0.1, -0.05) is 13.8 Å². The summed E-state index contributed by atoms with van der Waals surface area (Å²) in [6, 6.07) is 0.550. The summed E-state index contributed by atoms with van der Waals surface area (Å²) in [6.07, 6.45) is 4.72. The summed E-state index contributed by atoms with van der Waals surface area (Å²) in [4.78, 5) is 14.5. The van der Waals surface area contributed by atoms with Crippen LogP contribution in [0.3, 0.4) is 0 Å². The number of hydrogen-bond donors (Lipinski definition) is 2. The maximum absolute atomic E-state index is 12.0. The van der Waals surface area contributed by atoms with Gasteiger partial charge < -0.3 is 10.6 Å². The third kappa shape index (κ3) is 3.45. The first-order valence-corrected chi connectivity index (χ1v) is 7.43. The Morgan fingerprint density at radius 1 is 1.33 bits per heavy atom. The highest BCUT2D eigenvalue weighted by Crippen LogP contribution is 2.17. The molecule has 0 aliphatic carbocycles. The van der Waals surface area contributed by atoms with Crippen LogP contribution < -0.4 is 10.6 Å². The van der Waals surface area contributed by atoms with Gasteiger partial charge >= 0.3 is 0 Å². The summed E-state index contributed by atoms with van der Waals surface area (Å²) in [5.41, 5.74) is 0. The Bertz CT molecular complexity index is 268. The third-order valence-electron chi connectivity index (χ3n) is 4.24. The molecule has 2 fully saturated rings. The molecule has 2 aliphatic rings. The van der Waals surface area contributed by atoms with Crippen molar-refractivity contribution in [3.05, 3.63) is 0 Å². The number of hydrogen-bond acceptors (Lipinski definition) is 3. The van der Waals surface area contributed by atoms with E-state index in [-0.39, 0.29) is 11.9 Å². The lowest BCUT2D eigenvalue weighted by Crippen LogP contribution is -2.49. The highest BCUT2D eigenvalue weighted by atomic mass is 16.2. The molecule has 2 atom stereocenters. The van der Waals surface area contributed by atoms with E-state index in [1.54, 1.807) is 0 Å². The number of nitrogens with zero attached hydrogens (tertiary/aromatic N) is 1. The van der Waals surface area contributed by atoms with Gasteiger partial charge in [-0.05, 0) is 51.2 Å². The molecule has 2 N–H and O–H groups in total. The second kappa shape index (κ2) is 6.53. The molecule has 2 saturated heterocycles. The molecule has 2 heterocycles. The normalized spacial score (nSPS) is 26.7. The highest BCUT2D eigenvalue weighted by Gasteiger charge is 2.27. The van der Waals surface area contributed by atoms with Gasteiger partial charge in [0.15, 0.2) is 0 Å². The highest BCUT2D eigenvalue weighted by molar-refractivity contribution is 5.82. The van der Waals surface area contributed by atoms with E-state index in [9.17, 15) is 4.79 Å². The minimum absolute atomic E-state index is 0.0522. The lowest BCUT2D eigenvalue weighted by atomic mass is 10.0. The van der Waals surface area contributed by atoms with E-state index < -0.39 is 0 Å². The van der Waals surface area contributed by atoms with Crippen molar-refractivity contribution in [3.8, 4) is 0 Å². The molecule has 1 amide bonds. The minimum atomic E-state index is 0.0522. The van der Waals surface area contributed by atoms with E-state index in [2.05, 4.69) is 29.4 Å². The minimum Gasteiger partial charge on any atom is -0.353 e. The van der Waals surface area contributed by atoms with Gasteiger partial charge in [-0.25, -0.2) is 0 Å². The zero-order chi connectivity index (χ0) is 13.0. The van der Waals surface area contributed by atoms with Gasteiger partial charge in [-0.2, -0.15) is 0 Å². The van der Waals surface area contributed by atoms with Crippen LogP contribution in [0.1, 0.15) is 39.5 Å². The molecule has 1 unspecified atom stereocenters. The second-order valence-electron chi connectivity index (χ2n) is 5.95. The van der Waals surface area contributed by atoms with Crippen LogP contribution in [0.15, 0.2) is 0 Å². The number of amides is 1. The van der Waals surface area contributed by atoms with E-state index in [0.717, 1.165) is 25.9 Å². The lowest BCUT2D eigenvalue weighted by Gasteiger charge is -2.31. The van der Waals surface area contributed by atoms with Gasteiger partial charge in [0.25, 0.3) is 0 Å². The van der Waals surface area contributed by atoms with Crippen molar-refractivity contribution < 1.29 is 4.79 Å². The molecule has 0 saturated carbocycles. The summed E-state index contributed by atoms with van der Waals surface area (Å²) in [6.45, 7) is 8.68. The average molecular weight is 253 g/mol. The van der Waals surface area contributed by atoms with Gasteiger partial charge in [-0.15, -0.1) is 0 Å². The van der Waals surface area contributed by atoms with Crippen molar-refractivity contribution in [2.45, 2.75) is 51.6 Å². The van der Waals surface area contributed by atoms with Crippen LogP contribution in [0.5, 0.6) is 0 Å². The van der Waals surface area contributed by atoms with Crippen molar-refractivity contribution in [1.29, 1.82) is 0 Å². The Kier molecular flexibility index (Phi) is 5.01. The summed E-state index contributed by atoms with van der Waals surface area (Å²) in [5.74, 6) is 0.789. The van der Waals surface area contributed by atoms with Crippen molar-refractivity contribution in [3.63, 3.8) is 0 Å². The number of likely N-dealkylation sites (tertiary alicyclic amines) is 1. The van der Waals surface area contributed by atoms with Gasteiger partial charge in [0.2, 0.25) is 5.91 Å². The zero-order valence-electron chi connectivity index (χ0n) is 11.7. The smallest absolute Gasteiger partial charge is 0.237 e. The van der Waals surface area contributed by atoms with E-state index in [0.29, 0.717) is 12.0 Å². The fraction of sp³-hybridized carbons (Fsp3) is 0.929. The fourth-order valence-electron chi connectivity index (χ4n) is 3.10. The largest absolute Gasteiger partial charge is 0.353 e. The number of nitrogens with one attached hydrogen (secondary N) is 2. The van der Waals surface area contributed by atoms with Crippen LogP contribution >= 0.6 is 0 Å². The molecular formula is C14H27N3O. The van der Waals surface area contributed by atoms with E-state index in [1.807, 2.05) is 0 Å². The van der Waals surface area contributed by atoms with Crippen LogP contribution in [0.25, 0.3) is 0 Å². The summed E-state index contributed by atoms with van der Waals surface area (Å²) in [7, 11) is 0. The number of carbonyl (C=O) groups excluding carboxylic acids is 1. The topological polar surface area (TPSA) is 44.4 Å². The van der Waals surface area contributed by atoms with Gasteiger partial charge in [0.1, 0.15) is 0 Å². The second-order valence-corrected chi connectivity index (χ2v) is 5.95. The zero-order valence-corrected chi connectivity index (χ0v) is 11.7. The van der Waals surface area contributed by atoms with Gasteiger partial charge in [0.05, 0.1) is 6.04 Å². The molecule has 2 rings (SSSR count). The first-order chi connectivity index (χ1) is 8.68. The molecule has 0 bridgehead atoms. The van der Waals surface area contributed by atoms with E-state index in [1.165, 1.54) is 25.9 Å². The molecule has 0 aromatic carbocycles. The van der Waals surface area contributed by atoms with E-state index >= 15 is 0 Å². The SMILES string of the molecule is CC(C)C(CNC(=O)[C@@H]1CCCN1)N1CCCC1. The maximum atomic E-state index is 12.0. The molecule has 4 nitrogen and oxygen atoms in total. The van der Waals surface area contributed by atoms with Gasteiger partial charge in [0, 0.05) is 12.6 Å². The predicted octanol–water partition coefficient (Wildman–Crippen LogP) is 0.975. The van der Waals surface area contributed by atoms with Crippen molar-refractivity contribution in [2.24, 2.45) is 5.92 Å². The predicted molar refractivity (Wildman–Crippen MR) is 73.5 cm³/mol. The Morgan fingerprint density at radius 2 is 2.06 bits per heavy atom. The van der Waals surface area contributed by atoms with Crippen LogP contribution in [0.4, 0.5) is 0 Å². The molecule has 0 aromatic rings. The Hall–Kier alpha value is -0.610. The quantitative estimate of drug-likeness (QED) is 0.767. The summed E-state index contributed by atoms with van der Waals surface area (Å²) >= 11 is 0. The van der Waals surface area contributed by atoms with Crippen LogP contribution in [-0.4, -0.2) is 49.1 Å². The summed E-state index contributed by atoms with van der Waals surface area (Å²) < 4.78 is 0. The molecule has 0 aromatic heterocycles. The Balaban J connectivity index is 1.79. The molecule has 104 valence electrons. The monoisotopic (exact) mass is 253 g/mol. The molecule has 4 heteroatoms. The van der Waals surface area contributed by atoms with Crippen molar-refractivity contribution in [1.82, 2.24) is 15.5 Å². The standard InChI is InChI=1S/C14H27N3O/c1-11(2)13(17-8-3-4-9-17)10-16-14(18)12-6-5-7-15-12/h11-13,15H,3-10H2,1-2H3,(H,16,18)/t12-,13?/m0/s1. The van der Waals surface area contributed by atoms with Crippen molar-refractivity contribution in [2.75, 3.05) is 26.2 Å². The lowest BCUT2D eigenvalue weighted by molar-refractivity contribution is -0.123. The molecule has 2 aliphatic heterocycles. The third-order valence-corrected chi connectivity index (χ3v) is 4.24. The first-order valence-electron chi connectivity index (χ1n) is 7.43. The number of rotatable bonds is 5. The molecule has 0 spiro atoms. The first kappa shape index (κ1) is 13.8. The molecule has 0 radical (unpaired) electrons. The summed E-state index contributed by atoms with van der Waals surface area (Å²) in [5, 5.41) is 6.39. The number of carbonyl (C=O) groups is 1. The van der Waals surface area contributed by atoms with Crippen molar-refractivity contribution >= 4 is 5.91 Å². The van der Waals surface area contributed by atoms with Crippen LogP contribution in [0, 0.1) is 5.92 Å². The fourth-order valence-corrected chi connectivity index (χ4v) is 3.10. The molecule has 18 heavy (non-hydrogen) atoms. The van der Waals surface area contributed by atoms with Crippen LogP contribution in [0.2, 0.25) is 0 Å². The molecular weight excluding hydrogens is 226 g/mol. The maximum Gasteiger partial charge on any atom is 0.237 e. The van der Waals surface area contributed by atoms with Crippen LogP contribution in [-0.2, 0) is 4.79 Å². The Morgan fingerprint density at radius 3 is 2.61 bits per heavy atom. The van der Waals surface area contributed by atoms with Gasteiger partial charge in [-0.3, -0.25) is 9.69 Å². The average Bonchev–Trinajstić information content (AvgIpc) is 3.01. The van der Waals surface area contributed by atoms with E-state index in [4.69, 9.17) is 0 Å². The Labute approximate surface area is 110 Å².